The molecule has 14 N–H and O–H groups in total. The fourth-order valence-electron chi connectivity index (χ4n) is 8.04. The van der Waals surface area contributed by atoms with Gasteiger partial charge in [0.1, 0.15) is 0 Å². The van der Waals surface area contributed by atoms with Crippen LogP contribution in [0, 0.1) is 11.8 Å². The SMILES string of the molecule is NC(N)=NCCCCCCCCCN(CCCCCCCCCNC(N)=NCC1CC1)C(=O)N(CCCCCCCCCN=C(N)N)CCCCCCCCCNC(N)=NCC1CC1. The fourth-order valence-corrected chi connectivity index (χ4v) is 8.04. The second kappa shape index (κ2) is 39.7. The van der Waals surface area contributed by atoms with Crippen molar-refractivity contribution in [3.63, 3.8) is 0 Å². The van der Waals surface area contributed by atoms with Crippen LogP contribution in [0.1, 0.15) is 205 Å². The van der Waals surface area contributed by atoms with E-state index >= 15 is 0 Å². The van der Waals surface area contributed by atoms with Gasteiger partial charge in [-0.2, -0.15) is 0 Å². The summed E-state index contributed by atoms with van der Waals surface area (Å²) in [6.45, 7) is 8.41. The molecule has 0 aliphatic heterocycles. The fraction of sp³-hybridized carbons (Fsp3) is 0.898. The third kappa shape index (κ3) is 36.7. The molecule has 2 fully saturated rings. The molecule has 15 nitrogen and oxygen atoms in total. The molecule has 0 aromatic heterocycles. The van der Waals surface area contributed by atoms with Crippen molar-refractivity contribution < 1.29 is 4.79 Å². The molecular weight excluding hydrogens is 801 g/mol. The van der Waals surface area contributed by atoms with Crippen molar-refractivity contribution in [2.24, 2.45) is 66.2 Å². The zero-order valence-electron chi connectivity index (χ0n) is 40.9. The molecule has 0 spiro atoms. The average Bonchev–Trinajstić information content (AvgIpc) is 4.22. The zero-order chi connectivity index (χ0) is 46.1. The van der Waals surface area contributed by atoms with E-state index in [1.54, 1.807) is 0 Å². The van der Waals surface area contributed by atoms with Crippen LogP contribution in [-0.4, -0.2) is 105 Å². The molecule has 2 rings (SSSR count). The van der Waals surface area contributed by atoms with Crippen LogP contribution in [0.3, 0.4) is 0 Å². The lowest BCUT2D eigenvalue weighted by Gasteiger charge is -2.31. The van der Waals surface area contributed by atoms with Crippen molar-refractivity contribution in [2.75, 3.05) is 65.4 Å². The minimum atomic E-state index is 0.179. The lowest BCUT2D eigenvalue weighted by atomic mass is 10.1. The number of nitrogens with zero attached hydrogens (tertiary/aromatic N) is 6. The van der Waals surface area contributed by atoms with Gasteiger partial charge in [-0.1, -0.05) is 128 Å². The van der Waals surface area contributed by atoms with Crippen molar-refractivity contribution >= 4 is 29.9 Å². The lowest BCUT2D eigenvalue weighted by Crippen LogP contribution is -2.45. The second-order valence-corrected chi connectivity index (χ2v) is 19.0. The second-order valence-electron chi connectivity index (χ2n) is 19.0. The predicted octanol–water partition coefficient (Wildman–Crippen LogP) is 7.81. The molecule has 2 amide bonds. The maximum atomic E-state index is 14.4. The maximum absolute atomic E-state index is 14.4. The number of amides is 2. The molecule has 15 heteroatoms. The lowest BCUT2D eigenvalue weighted by molar-refractivity contribution is 0.148. The average molecular weight is 901 g/mol. The van der Waals surface area contributed by atoms with Crippen molar-refractivity contribution in [2.45, 2.75) is 205 Å². The number of hydrogen-bond donors (Lipinski definition) is 8. The van der Waals surface area contributed by atoms with Gasteiger partial charge in [-0.25, -0.2) is 4.79 Å². The summed E-state index contributed by atoms with van der Waals surface area (Å²) in [6.07, 6.45) is 37.9. The van der Waals surface area contributed by atoms with E-state index < -0.39 is 0 Å². The number of urea groups is 1. The minimum absolute atomic E-state index is 0.179. The molecule has 2 saturated carbocycles. The third-order valence-electron chi connectivity index (χ3n) is 12.6. The number of rotatable bonds is 44. The van der Waals surface area contributed by atoms with Gasteiger partial charge in [-0.3, -0.25) is 20.0 Å². The van der Waals surface area contributed by atoms with Gasteiger partial charge < -0.3 is 54.8 Å². The summed E-state index contributed by atoms with van der Waals surface area (Å²) < 4.78 is 0. The van der Waals surface area contributed by atoms with Crippen LogP contribution < -0.4 is 45.0 Å². The Labute approximate surface area is 391 Å². The van der Waals surface area contributed by atoms with Crippen LogP contribution in [0.4, 0.5) is 4.79 Å². The molecule has 2 aliphatic carbocycles. The monoisotopic (exact) mass is 901 g/mol. The molecule has 0 radical (unpaired) electrons. The Morgan fingerprint density at radius 3 is 0.922 bits per heavy atom. The van der Waals surface area contributed by atoms with Gasteiger partial charge in [0, 0.05) is 65.4 Å². The highest BCUT2D eigenvalue weighted by Crippen LogP contribution is 2.29. The molecule has 0 heterocycles. The van der Waals surface area contributed by atoms with E-state index in [0.29, 0.717) is 25.0 Å². The quantitative estimate of drug-likeness (QED) is 0.0168. The number of carbonyl (C=O) groups is 1. The van der Waals surface area contributed by atoms with Crippen LogP contribution in [-0.2, 0) is 0 Å². The number of aliphatic imine (C=N–C) groups is 4. The summed E-state index contributed by atoms with van der Waals surface area (Å²) in [4.78, 5) is 35.9. The molecule has 0 saturated heterocycles. The van der Waals surface area contributed by atoms with Gasteiger partial charge in [-0.15, -0.1) is 0 Å². The summed E-state index contributed by atoms with van der Waals surface area (Å²) in [7, 11) is 0. The van der Waals surface area contributed by atoms with Gasteiger partial charge in [0.25, 0.3) is 0 Å². The van der Waals surface area contributed by atoms with Crippen molar-refractivity contribution in [3.8, 4) is 0 Å². The Morgan fingerprint density at radius 1 is 0.375 bits per heavy atom. The predicted molar refractivity (Wildman–Crippen MR) is 274 cm³/mol. The Hall–Kier alpha value is -3.65. The standard InChI is InChI=1S/C49H100N14O/c50-45(51)56-33-21-13-5-1-9-17-25-37-62(39-27-19-11-3-7-15-23-35-58-47(54)60-41-43-29-30-43)49(64)63(38-26-18-10-2-6-14-22-34-57-46(52)53)40-28-20-12-4-8-16-24-36-59-48(55)61-42-44-31-32-44/h43-44H,1-42H2,(H4,50,51,56)(H4,52,53,57)(H3,54,58,60)(H3,55,59,61). The molecule has 372 valence electrons. The zero-order valence-corrected chi connectivity index (χ0v) is 40.9. The van der Waals surface area contributed by atoms with E-state index in [1.807, 2.05) is 0 Å². The number of unbranched alkanes of at least 4 members (excludes halogenated alkanes) is 24. The molecule has 0 aromatic rings. The van der Waals surface area contributed by atoms with E-state index in [1.165, 1.54) is 128 Å². The number of hydrogen-bond acceptors (Lipinski definition) is 5. The van der Waals surface area contributed by atoms with Gasteiger partial charge in [0.15, 0.2) is 23.8 Å². The minimum Gasteiger partial charge on any atom is -0.370 e. The first-order valence-corrected chi connectivity index (χ1v) is 26.5. The number of guanidine groups is 4. The number of carbonyl (C=O) groups excluding carboxylic acids is 1. The van der Waals surface area contributed by atoms with Crippen LogP contribution in [0.25, 0.3) is 0 Å². The van der Waals surface area contributed by atoms with Crippen LogP contribution in [0.15, 0.2) is 20.0 Å². The van der Waals surface area contributed by atoms with Crippen molar-refractivity contribution in [1.29, 1.82) is 0 Å². The summed E-state index contributed by atoms with van der Waals surface area (Å²) in [5.41, 5.74) is 33.9. The van der Waals surface area contributed by atoms with Crippen LogP contribution in [0.2, 0.25) is 0 Å². The Kier molecular flexibility index (Phi) is 35.0. The maximum Gasteiger partial charge on any atom is 0.319 e. The van der Waals surface area contributed by atoms with E-state index in [9.17, 15) is 4.79 Å². The van der Waals surface area contributed by atoms with Crippen molar-refractivity contribution in [3.05, 3.63) is 0 Å². The van der Waals surface area contributed by atoms with Gasteiger partial charge in [-0.05, 0) is 88.9 Å². The normalized spacial score (nSPS) is 14.1. The van der Waals surface area contributed by atoms with E-state index in [2.05, 4.69) is 40.4 Å². The highest BCUT2D eigenvalue weighted by atomic mass is 16.2. The van der Waals surface area contributed by atoms with E-state index in [4.69, 9.17) is 34.4 Å². The topological polar surface area (TPSA) is 253 Å². The Bertz CT molecular complexity index is 1150. The van der Waals surface area contributed by atoms with Crippen LogP contribution in [0.5, 0.6) is 0 Å². The molecule has 0 aromatic carbocycles. The first kappa shape index (κ1) is 56.5. The Balaban J connectivity index is 1.80. The number of nitrogens with two attached hydrogens (primary N) is 6. The molecule has 0 atom stereocenters. The van der Waals surface area contributed by atoms with Crippen molar-refractivity contribution in [1.82, 2.24) is 20.4 Å². The summed E-state index contributed by atoms with van der Waals surface area (Å²) in [5, 5.41) is 6.56. The molecular formula is C49H100N14O. The first-order valence-electron chi connectivity index (χ1n) is 26.5. The molecule has 64 heavy (non-hydrogen) atoms. The van der Waals surface area contributed by atoms with Gasteiger partial charge in [0.05, 0.1) is 0 Å². The molecule has 0 unspecified atom stereocenters. The largest absolute Gasteiger partial charge is 0.370 e. The summed E-state index contributed by atoms with van der Waals surface area (Å²) in [5.74, 6) is 3.10. The smallest absolute Gasteiger partial charge is 0.319 e. The van der Waals surface area contributed by atoms with E-state index in [-0.39, 0.29) is 18.0 Å². The highest BCUT2D eigenvalue weighted by molar-refractivity contribution is 5.78. The van der Waals surface area contributed by atoms with E-state index in [0.717, 1.165) is 141 Å². The first-order chi connectivity index (χ1) is 31.2. The molecule has 2 aliphatic rings. The summed E-state index contributed by atoms with van der Waals surface area (Å²) >= 11 is 0. The van der Waals surface area contributed by atoms with Gasteiger partial charge in [0.2, 0.25) is 0 Å². The number of nitrogens with one attached hydrogen (secondary N) is 2. The highest BCUT2D eigenvalue weighted by Gasteiger charge is 2.22. The third-order valence-corrected chi connectivity index (χ3v) is 12.6. The summed E-state index contributed by atoms with van der Waals surface area (Å²) in [6, 6.07) is 0.263. The molecule has 0 bridgehead atoms. The Morgan fingerprint density at radius 2 is 0.641 bits per heavy atom. The van der Waals surface area contributed by atoms with Crippen LogP contribution >= 0.6 is 0 Å². The van der Waals surface area contributed by atoms with Gasteiger partial charge >= 0.3 is 6.03 Å².